The molecule has 5 nitrogen and oxygen atoms in total. The Hall–Kier alpha value is -3.67. The lowest BCUT2D eigenvalue weighted by atomic mass is 9.81. The van der Waals surface area contributed by atoms with Crippen molar-refractivity contribution in [3.63, 3.8) is 0 Å². The number of carbonyl (C=O) groups is 1. The fourth-order valence-electron chi connectivity index (χ4n) is 5.18. The lowest BCUT2D eigenvalue weighted by Crippen LogP contribution is -2.42. The standard InChI is InChI=1S/C30H30F7N3O2/c1-17-9-22(31)5-6-23(17)24-13-26(40-8-7-18(15-40)16-41)38-14-25(24)39(4)27(42)28(2,3)19-10-20(29(32,33)34)12-21(11-19)30(35,36)37/h5-6,9-14,18,41H,7-8,15-16H2,1-4H3. The SMILES string of the molecule is Cc1cc(F)ccc1-c1cc(N2CCC(CO)C2)ncc1N(C)C(=O)C(C)(C)c1cc(C(F)(F)F)cc(C(F)(F)F)c1. The fourth-order valence-corrected chi connectivity index (χ4v) is 5.18. The number of aliphatic hydroxyl groups excluding tert-OH is 1. The van der Waals surface area contributed by atoms with Crippen LogP contribution in [0.1, 0.15) is 42.5 Å². The van der Waals surface area contributed by atoms with Crippen LogP contribution in [0.5, 0.6) is 0 Å². The van der Waals surface area contributed by atoms with Gasteiger partial charge < -0.3 is 14.9 Å². The number of benzene rings is 2. The van der Waals surface area contributed by atoms with Crippen molar-refractivity contribution in [3.8, 4) is 11.1 Å². The van der Waals surface area contributed by atoms with Crippen molar-refractivity contribution in [1.29, 1.82) is 0 Å². The molecular weight excluding hydrogens is 567 g/mol. The van der Waals surface area contributed by atoms with Crippen molar-refractivity contribution in [2.75, 3.05) is 36.5 Å². The molecule has 42 heavy (non-hydrogen) atoms. The zero-order valence-corrected chi connectivity index (χ0v) is 23.4. The summed E-state index contributed by atoms with van der Waals surface area (Å²) < 4.78 is 95.3. The molecule has 1 aliphatic heterocycles. The second-order valence-electron chi connectivity index (χ2n) is 11.1. The molecule has 0 radical (unpaired) electrons. The summed E-state index contributed by atoms with van der Waals surface area (Å²) in [5.41, 5.74) is -3.53. The Morgan fingerprint density at radius 2 is 1.57 bits per heavy atom. The number of amides is 1. The maximum atomic E-state index is 14.0. The van der Waals surface area contributed by atoms with Crippen LogP contribution in [0.2, 0.25) is 0 Å². The minimum atomic E-state index is -5.07. The molecule has 12 heteroatoms. The van der Waals surface area contributed by atoms with E-state index in [9.17, 15) is 40.6 Å². The minimum Gasteiger partial charge on any atom is -0.396 e. The molecule has 0 spiro atoms. The number of nitrogens with zero attached hydrogens (tertiary/aromatic N) is 3. The zero-order chi connectivity index (χ0) is 31.2. The minimum absolute atomic E-state index is 0.0103. The van der Waals surface area contributed by atoms with Crippen LogP contribution in [0.15, 0.2) is 48.7 Å². The third-order valence-electron chi connectivity index (χ3n) is 7.73. The van der Waals surface area contributed by atoms with Crippen molar-refractivity contribution >= 4 is 17.4 Å². The molecule has 1 atom stereocenters. The molecule has 0 saturated carbocycles. The number of hydrogen-bond donors (Lipinski definition) is 1. The van der Waals surface area contributed by atoms with Gasteiger partial charge in [0, 0.05) is 38.2 Å². The first-order chi connectivity index (χ1) is 19.4. The van der Waals surface area contributed by atoms with Gasteiger partial charge in [0.25, 0.3) is 0 Å². The molecule has 2 heterocycles. The number of halogens is 7. The molecule has 1 fully saturated rings. The van der Waals surface area contributed by atoms with Crippen LogP contribution >= 0.6 is 0 Å². The number of anilines is 2. The van der Waals surface area contributed by atoms with Gasteiger partial charge in [-0.3, -0.25) is 4.79 Å². The highest BCUT2D eigenvalue weighted by molar-refractivity contribution is 6.03. The van der Waals surface area contributed by atoms with E-state index in [1.807, 2.05) is 4.90 Å². The highest BCUT2D eigenvalue weighted by Gasteiger charge is 2.41. The van der Waals surface area contributed by atoms with Gasteiger partial charge in [0.1, 0.15) is 11.6 Å². The first-order valence-corrected chi connectivity index (χ1v) is 13.1. The van der Waals surface area contributed by atoms with E-state index in [2.05, 4.69) is 4.98 Å². The lowest BCUT2D eigenvalue weighted by Gasteiger charge is -2.32. The normalized spacial score (nSPS) is 16.2. The zero-order valence-electron chi connectivity index (χ0n) is 23.4. The van der Waals surface area contributed by atoms with E-state index in [0.717, 1.165) is 11.3 Å². The highest BCUT2D eigenvalue weighted by atomic mass is 19.4. The summed E-state index contributed by atoms with van der Waals surface area (Å²) in [6.45, 7) is 5.36. The van der Waals surface area contributed by atoms with Gasteiger partial charge in [0.2, 0.25) is 5.91 Å². The van der Waals surface area contributed by atoms with Gasteiger partial charge in [-0.1, -0.05) is 6.07 Å². The van der Waals surface area contributed by atoms with Gasteiger partial charge in [0.05, 0.1) is 28.4 Å². The maximum absolute atomic E-state index is 14.0. The molecule has 3 aromatic rings. The first-order valence-electron chi connectivity index (χ1n) is 13.1. The Bertz CT molecular complexity index is 1450. The number of pyridine rings is 1. The number of aromatic nitrogens is 1. The Labute approximate surface area is 238 Å². The molecule has 4 rings (SSSR count). The van der Waals surface area contributed by atoms with Gasteiger partial charge in [0.15, 0.2) is 0 Å². The Balaban J connectivity index is 1.81. The second kappa shape index (κ2) is 11.2. The molecule has 0 bridgehead atoms. The van der Waals surface area contributed by atoms with E-state index < -0.39 is 46.2 Å². The number of alkyl halides is 6. The van der Waals surface area contributed by atoms with E-state index in [1.54, 1.807) is 13.0 Å². The van der Waals surface area contributed by atoms with Crippen molar-refractivity contribution in [2.45, 2.75) is 45.0 Å². The quantitative estimate of drug-likeness (QED) is 0.311. The summed E-state index contributed by atoms with van der Waals surface area (Å²) in [6.07, 6.45) is -7.99. The molecule has 2 aromatic carbocycles. The summed E-state index contributed by atoms with van der Waals surface area (Å²) in [5.74, 6) is -0.664. The van der Waals surface area contributed by atoms with E-state index in [1.165, 1.54) is 45.3 Å². The van der Waals surface area contributed by atoms with Crippen LogP contribution < -0.4 is 9.80 Å². The van der Waals surface area contributed by atoms with Crippen molar-refractivity contribution in [3.05, 3.63) is 76.7 Å². The van der Waals surface area contributed by atoms with E-state index >= 15 is 0 Å². The van der Waals surface area contributed by atoms with Crippen molar-refractivity contribution in [2.24, 2.45) is 5.92 Å². The first kappa shape index (κ1) is 31.3. The third-order valence-corrected chi connectivity index (χ3v) is 7.73. The predicted octanol–water partition coefficient (Wildman–Crippen LogP) is 6.99. The average molecular weight is 598 g/mol. The number of aliphatic hydroxyl groups is 1. The van der Waals surface area contributed by atoms with Crippen molar-refractivity contribution in [1.82, 2.24) is 4.98 Å². The number of carbonyl (C=O) groups excluding carboxylic acids is 1. The van der Waals surface area contributed by atoms with Crippen LogP contribution in [0.3, 0.4) is 0 Å². The summed E-state index contributed by atoms with van der Waals surface area (Å²) in [4.78, 5) is 21.5. The van der Waals surface area contributed by atoms with Crippen LogP contribution in [0, 0.1) is 18.7 Å². The Morgan fingerprint density at radius 3 is 2.10 bits per heavy atom. The second-order valence-corrected chi connectivity index (χ2v) is 11.1. The number of likely N-dealkylation sites (N-methyl/N-ethyl adjacent to an activating group) is 1. The predicted molar refractivity (Wildman–Crippen MR) is 145 cm³/mol. The fraction of sp³-hybridized carbons (Fsp3) is 0.400. The van der Waals surface area contributed by atoms with Crippen LogP contribution in [0.25, 0.3) is 11.1 Å². The van der Waals surface area contributed by atoms with E-state index in [-0.39, 0.29) is 24.3 Å². The molecule has 1 unspecified atom stereocenters. The molecular formula is C30H30F7N3O2. The summed E-state index contributed by atoms with van der Waals surface area (Å²) in [6, 6.07) is 6.92. The van der Waals surface area contributed by atoms with E-state index in [4.69, 9.17) is 0 Å². The molecule has 226 valence electrons. The topological polar surface area (TPSA) is 56.7 Å². The lowest BCUT2D eigenvalue weighted by molar-refractivity contribution is -0.143. The van der Waals surface area contributed by atoms with Crippen LogP contribution in [-0.2, 0) is 22.6 Å². The average Bonchev–Trinajstić information content (AvgIpc) is 3.40. The molecule has 1 N–H and O–H groups in total. The van der Waals surface area contributed by atoms with Gasteiger partial charge in [-0.2, -0.15) is 26.3 Å². The van der Waals surface area contributed by atoms with Gasteiger partial charge in [-0.15, -0.1) is 0 Å². The Kier molecular flexibility index (Phi) is 8.34. The Morgan fingerprint density at radius 1 is 0.976 bits per heavy atom. The smallest absolute Gasteiger partial charge is 0.396 e. The van der Waals surface area contributed by atoms with Crippen LogP contribution in [0.4, 0.5) is 42.2 Å². The summed E-state index contributed by atoms with van der Waals surface area (Å²) in [7, 11) is 1.36. The molecule has 1 aromatic heterocycles. The van der Waals surface area contributed by atoms with Crippen molar-refractivity contribution < 1.29 is 40.6 Å². The molecule has 1 saturated heterocycles. The van der Waals surface area contributed by atoms with Gasteiger partial charge in [-0.05, 0) is 80.3 Å². The number of aryl methyl sites for hydroxylation is 1. The van der Waals surface area contributed by atoms with Gasteiger partial charge >= 0.3 is 12.4 Å². The van der Waals surface area contributed by atoms with E-state index in [0.29, 0.717) is 47.7 Å². The summed E-state index contributed by atoms with van der Waals surface area (Å²) in [5, 5.41) is 9.55. The van der Waals surface area contributed by atoms with Crippen LogP contribution in [-0.4, -0.2) is 42.7 Å². The molecule has 1 amide bonds. The van der Waals surface area contributed by atoms with Gasteiger partial charge in [-0.25, -0.2) is 9.37 Å². The monoisotopic (exact) mass is 597 g/mol. The number of rotatable bonds is 6. The number of hydrogen-bond acceptors (Lipinski definition) is 4. The highest BCUT2D eigenvalue weighted by Crippen LogP contribution is 2.41. The third kappa shape index (κ3) is 6.23. The molecule has 0 aliphatic carbocycles. The maximum Gasteiger partial charge on any atom is 0.416 e. The molecule has 1 aliphatic rings. The largest absolute Gasteiger partial charge is 0.416 e. The summed E-state index contributed by atoms with van der Waals surface area (Å²) >= 11 is 0.